The number of carbonyl (C=O) groups is 3. The Bertz CT molecular complexity index is 675. The third kappa shape index (κ3) is 3.31. The Morgan fingerprint density at radius 3 is 2.80 bits per heavy atom. The van der Waals surface area contributed by atoms with Crippen molar-refractivity contribution >= 4 is 29.5 Å². The van der Waals surface area contributed by atoms with Crippen molar-refractivity contribution in [2.75, 3.05) is 6.54 Å². The molecule has 0 aromatic carbocycles. The van der Waals surface area contributed by atoms with Crippen LogP contribution in [0.3, 0.4) is 0 Å². The number of rotatable bonds is 6. The molecule has 5 N–H and O–H groups in total. The van der Waals surface area contributed by atoms with Crippen LogP contribution in [0, 0.1) is 5.92 Å². The lowest BCUT2D eigenvalue weighted by Crippen LogP contribution is -2.61. The molecule has 0 radical (unpaired) electrons. The van der Waals surface area contributed by atoms with E-state index in [0.717, 1.165) is 6.42 Å². The third-order valence-electron chi connectivity index (χ3n) is 4.82. The van der Waals surface area contributed by atoms with Gasteiger partial charge in [-0.1, -0.05) is 6.08 Å². The van der Waals surface area contributed by atoms with Crippen LogP contribution in [-0.4, -0.2) is 62.9 Å². The standard InChI is InChI=1S/C16H21N3O5S/c1-7(20)13-10-5-11(14(16(23)24)19(10)15(13)22)25-9-4-8(18-6-9)2-3-12(17)21/h2-3,7-10,13,18,20H,4-6H2,1H3,(H2,17,21)(H,23,24)/b3-2-/t7-,8-,9+,10-,13-/m1/s1. The maximum absolute atomic E-state index is 12.2. The number of fused-ring (bicyclic) bond motifs is 1. The summed E-state index contributed by atoms with van der Waals surface area (Å²) < 4.78 is 0. The van der Waals surface area contributed by atoms with Crippen LogP contribution in [0.5, 0.6) is 0 Å². The van der Waals surface area contributed by atoms with E-state index < -0.39 is 23.9 Å². The van der Waals surface area contributed by atoms with Gasteiger partial charge in [-0.15, -0.1) is 11.8 Å². The van der Waals surface area contributed by atoms with Gasteiger partial charge < -0.3 is 26.2 Å². The summed E-state index contributed by atoms with van der Waals surface area (Å²) in [6.45, 7) is 2.23. The van der Waals surface area contributed by atoms with Crippen molar-refractivity contribution in [2.24, 2.45) is 11.7 Å². The number of nitrogens with zero attached hydrogens (tertiary/aromatic N) is 1. The van der Waals surface area contributed by atoms with Gasteiger partial charge in [0, 0.05) is 35.2 Å². The van der Waals surface area contributed by atoms with Gasteiger partial charge in [-0.2, -0.15) is 0 Å². The maximum atomic E-state index is 12.2. The minimum absolute atomic E-state index is 0.0177. The van der Waals surface area contributed by atoms with Crippen molar-refractivity contribution in [2.45, 2.75) is 43.2 Å². The van der Waals surface area contributed by atoms with Gasteiger partial charge in [0.15, 0.2) is 0 Å². The second-order valence-corrected chi connectivity index (χ2v) is 7.97. The molecule has 0 aromatic heterocycles. The topological polar surface area (TPSA) is 133 Å². The summed E-state index contributed by atoms with van der Waals surface area (Å²) in [6.07, 6.45) is 3.45. The van der Waals surface area contributed by atoms with Crippen LogP contribution < -0.4 is 11.1 Å². The molecule has 2 amide bonds. The maximum Gasteiger partial charge on any atom is 0.353 e. The first kappa shape index (κ1) is 18.0. The summed E-state index contributed by atoms with van der Waals surface area (Å²) in [5.41, 5.74) is 5.14. The molecule has 3 aliphatic rings. The minimum atomic E-state index is -1.11. The highest BCUT2D eigenvalue weighted by atomic mass is 32.2. The molecule has 3 rings (SSSR count). The number of nitrogens with two attached hydrogens (primary N) is 1. The molecule has 2 saturated heterocycles. The fourth-order valence-electron chi connectivity index (χ4n) is 3.72. The summed E-state index contributed by atoms with van der Waals surface area (Å²) in [4.78, 5) is 36.6. The first-order valence-electron chi connectivity index (χ1n) is 8.14. The predicted molar refractivity (Wildman–Crippen MR) is 91.2 cm³/mol. The molecular formula is C16H21N3O5S. The molecule has 0 saturated carbocycles. The number of nitrogens with one attached hydrogen (secondary N) is 1. The molecule has 8 nitrogen and oxygen atoms in total. The lowest BCUT2D eigenvalue weighted by Gasteiger charge is -2.44. The summed E-state index contributed by atoms with van der Waals surface area (Å²) in [6, 6.07) is -0.245. The zero-order valence-corrected chi connectivity index (χ0v) is 14.5. The Morgan fingerprint density at radius 1 is 1.48 bits per heavy atom. The molecule has 3 heterocycles. The molecule has 0 bridgehead atoms. The number of aliphatic hydroxyl groups excluding tert-OH is 1. The van der Waals surface area contributed by atoms with Gasteiger partial charge >= 0.3 is 5.97 Å². The van der Waals surface area contributed by atoms with Crippen LogP contribution >= 0.6 is 11.8 Å². The van der Waals surface area contributed by atoms with Gasteiger partial charge in [0.25, 0.3) is 0 Å². The normalized spacial score (nSPS) is 32.9. The van der Waals surface area contributed by atoms with E-state index in [4.69, 9.17) is 5.73 Å². The number of carboxylic acids is 1. The first-order valence-corrected chi connectivity index (χ1v) is 9.02. The highest BCUT2D eigenvalue weighted by Crippen LogP contribution is 2.48. The van der Waals surface area contributed by atoms with Crippen LogP contribution in [0.15, 0.2) is 22.8 Å². The predicted octanol–water partition coefficient (Wildman–Crippen LogP) is -0.601. The Hall–Kier alpha value is -1.84. The number of carboxylic acid groups (broad SMARTS) is 1. The van der Waals surface area contributed by atoms with E-state index >= 15 is 0 Å². The van der Waals surface area contributed by atoms with E-state index in [2.05, 4.69) is 5.32 Å². The summed E-state index contributed by atoms with van der Waals surface area (Å²) >= 11 is 1.46. The lowest BCUT2D eigenvalue weighted by atomic mass is 9.83. The quantitative estimate of drug-likeness (QED) is 0.364. The Morgan fingerprint density at radius 2 is 2.20 bits per heavy atom. The number of β-lactam (4-membered cyclic amide) rings is 1. The van der Waals surface area contributed by atoms with E-state index in [1.54, 1.807) is 13.0 Å². The Labute approximate surface area is 149 Å². The number of amides is 2. The van der Waals surface area contributed by atoms with Crippen molar-refractivity contribution < 1.29 is 24.6 Å². The molecule has 25 heavy (non-hydrogen) atoms. The number of hydrogen-bond donors (Lipinski definition) is 4. The number of aliphatic carboxylic acids is 1. The van der Waals surface area contributed by atoms with E-state index in [9.17, 15) is 24.6 Å². The molecule has 5 atom stereocenters. The zero-order valence-electron chi connectivity index (χ0n) is 13.7. The van der Waals surface area contributed by atoms with Gasteiger partial charge in [-0.25, -0.2) is 4.79 Å². The molecule has 0 unspecified atom stereocenters. The van der Waals surface area contributed by atoms with Gasteiger partial charge in [0.2, 0.25) is 11.8 Å². The number of primary amides is 1. The average Bonchev–Trinajstić information content (AvgIpc) is 3.08. The first-order chi connectivity index (χ1) is 11.8. The fraction of sp³-hybridized carbons (Fsp3) is 0.562. The summed E-state index contributed by atoms with van der Waals surface area (Å²) in [5.74, 6) is -2.46. The van der Waals surface area contributed by atoms with Gasteiger partial charge in [-0.3, -0.25) is 9.59 Å². The highest BCUT2D eigenvalue weighted by Gasteiger charge is 2.57. The highest BCUT2D eigenvalue weighted by molar-refractivity contribution is 8.03. The Kier molecular flexibility index (Phi) is 4.90. The van der Waals surface area contributed by atoms with Crippen LogP contribution in [-0.2, 0) is 14.4 Å². The van der Waals surface area contributed by atoms with Gasteiger partial charge in [0.05, 0.1) is 18.1 Å². The van der Waals surface area contributed by atoms with Crippen LogP contribution in [0.1, 0.15) is 19.8 Å². The largest absolute Gasteiger partial charge is 0.477 e. The molecule has 0 aromatic rings. The van der Waals surface area contributed by atoms with Crippen LogP contribution in [0.25, 0.3) is 0 Å². The minimum Gasteiger partial charge on any atom is -0.477 e. The van der Waals surface area contributed by atoms with Crippen molar-refractivity contribution in [1.82, 2.24) is 10.2 Å². The fourth-order valence-corrected chi connectivity index (χ4v) is 5.17. The smallest absolute Gasteiger partial charge is 0.353 e. The van der Waals surface area contributed by atoms with E-state index in [1.807, 2.05) is 0 Å². The molecule has 9 heteroatoms. The number of aliphatic hydroxyl groups is 1. The van der Waals surface area contributed by atoms with Gasteiger partial charge in [0.1, 0.15) is 5.70 Å². The Balaban J connectivity index is 1.69. The third-order valence-corrected chi connectivity index (χ3v) is 6.15. The van der Waals surface area contributed by atoms with Crippen molar-refractivity contribution in [1.29, 1.82) is 0 Å². The summed E-state index contributed by atoms with van der Waals surface area (Å²) in [5, 5.41) is 22.7. The molecule has 0 aliphatic carbocycles. The zero-order chi connectivity index (χ0) is 18.3. The van der Waals surface area contributed by atoms with Gasteiger partial charge in [-0.05, 0) is 13.3 Å². The van der Waals surface area contributed by atoms with E-state index in [0.29, 0.717) is 17.9 Å². The monoisotopic (exact) mass is 367 g/mol. The molecule has 0 spiro atoms. The van der Waals surface area contributed by atoms with Crippen LogP contribution in [0.4, 0.5) is 0 Å². The van der Waals surface area contributed by atoms with E-state index in [-0.39, 0.29) is 28.9 Å². The summed E-state index contributed by atoms with van der Waals surface area (Å²) in [7, 11) is 0. The molecule has 2 fully saturated rings. The number of thioether (sulfide) groups is 1. The second-order valence-electron chi connectivity index (χ2n) is 6.57. The van der Waals surface area contributed by atoms with E-state index in [1.165, 1.54) is 22.7 Å². The number of carbonyl (C=O) groups excluding carboxylic acids is 2. The van der Waals surface area contributed by atoms with Crippen molar-refractivity contribution in [3.63, 3.8) is 0 Å². The lowest BCUT2D eigenvalue weighted by molar-refractivity contribution is -0.161. The number of hydrogen-bond acceptors (Lipinski definition) is 6. The second kappa shape index (κ2) is 6.81. The van der Waals surface area contributed by atoms with Crippen molar-refractivity contribution in [3.8, 4) is 0 Å². The molecule has 136 valence electrons. The van der Waals surface area contributed by atoms with Crippen LogP contribution in [0.2, 0.25) is 0 Å². The molecule has 3 aliphatic heterocycles. The molecular weight excluding hydrogens is 346 g/mol. The SMILES string of the molecule is C[C@@H](O)[C@H]1C(=O)N2C(C(=O)O)=C(S[C@@H]3CN[C@H](/C=C\C(N)=O)C3)C[C@H]12. The van der Waals surface area contributed by atoms with Crippen molar-refractivity contribution in [3.05, 3.63) is 22.8 Å². The average molecular weight is 367 g/mol.